The van der Waals surface area contributed by atoms with E-state index in [1.165, 1.54) is 17.2 Å². The van der Waals surface area contributed by atoms with E-state index in [4.69, 9.17) is 4.74 Å². The number of hydrogen-bond acceptors (Lipinski definition) is 9. The Morgan fingerprint density at radius 2 is 1.87 bits per heavy atom. The molecule has 30 heavy (non-hydrogen) atoms. The van der Waals surface area contributed by atoms with Gasteiger partial charge in [-0.1, -0.05) is 30.3 Å². The van der Waals surface area contributed by atoms with Gasteiger partial charge in [-0.05, 0) is 12.5 Å². The summed E-state index contributed by atoms with van der Waals surface area (Å²) >= 11 is 0. The molecule has 0 spiro atoms. The number of ether oxygens (including phenoxy) is 1. The zero-order valence-electron chi connectivity index (χ0n) is 16.6. The molecule has 0 aliphatic carbocycles. The Balaban J connectivity index is 1.65. The molecule has 3 aromatic rings. The molecule has 0 radical (unpaired) electrons. The minimum Gasteiger partial charge on any atom is -0.394 e. The fourth-order valence-electron chi connectivity index (χ4n) is 3.73. The van der Waals surface area contributed by atoms with Crippen molar-refractivity contribution in [2.75, 3.05) is 18.6 Å². The molecule has 160 valence electrons. The van der Waals surface area contributed by atoms with E-state index in [1.807, 2.05) is 49.2 Å². The van der Waals surface area contributed by atoms with Crippen LogP contribution < -0.4 is 4.90 Å². The number of imidazole rings is 1. The summed E-state index contributed by atoms with van der Waals surface area (Å²) in [7, 11) is 1.81. The average molecular weight is 415 g/mol. The number of rotatable bonds is 6. The monoisotopic (exact) mass is 415 g/mol. The summed E-state index contributed by atoms with van der Waals surface area (Å²) in [6.45, 7) is 1.47. The summed E-state index contributed by atoms with van der Waals surface area (Å²) < 4.78 is 7.10. The van der Waals surface area contributed by atoms with Crippen LogP contribution in [0.1, 0.15) is 24.8 Å². The predicted molar refractivity (Wildman–Crippen MR) is 108 cm³/mol. The van der Waals surface area contributed by atoms with Gasteiger partial charge in [0.25, 0.3) is 0 Å². The van der Waals surface area contributed by atoms with Crippen molar-refractivity contribution in [1.29, 1.82) is 0 Å². The smallest absolute Gasteiger partial charge is 0.167 e. The van der Waals surface area contributed by atoms with Gasteiger partial charge in [-0.2, -0.15) is 0 Å². The lowest BCUT2D eigenvalue weighted by Crippen LogP contribution is -2.35. The van der Waals surface area contributed by atoms with Crippen LogP contribution in [0.3, 0.4) is 0 Å². The summed E-state index contributed by atoms with van der Waals surface area (Å²) in [5.74, 6) is 0.507. The Labute approximate surface area is 173 Å². The highest BCUT2D eigenvalue weighted by Gasteiger charge is 2.44. The molecule has 4 N–H and O–H groups in total. The van der Waals surface area contributed by atoms with Gasteiger partial charge in [0, 0.05) is 7.05 Å². The molecule has 1 saturated heterocycles. The highest BCUT2D eigenvalue weighted by molar-refractivity contribution is 5.83. The van der Waals surface area contributed by atoms with Crippen molar-refractivity contribution in [3.05, 3.63) is 48.5 Å². The number of aromatic nitrogens is 4. The molecule has 3 heterocycles. The maximum atomic E-state index is 10.8. The highest BCUT2D eigenvalue weighted by atomic mass is 16.6. The molecule has 1 aliphatic rings. The van der Waals surface area contributed by atoms with E-state index < -0.39 is 37.3 Å². The lowest BCUT2D eigenvalue weighted by atomic mass is 10.0. The van der Waals surface area contributed by atoms with Crippen LogP contribution in [0.4, 0.5) is 5.82 Å². The Morgan fingerprint density at radius 3 is 2.53 bits per heavy atom. The number of likely N-dealkylation sites (N-methyl/N-ethyl adjacent to an activating group) is 1. The van der Waals surface area contributed by atoms with Crippen LogP contribution in [0.15, 0.2) is 43.0 Å². The number of anilines is 1. The first kappa shape index (κ1) is 20.6. The molecular formula is C20H25N5O5. The van der Waals surface area contributed by atoms with E-state index in [0.29, 0.717) is 17.0 Å². The van der Waals surface area contributed by atoms with Gasteiger partial charge in [-0.25, -0.2) is 15.0 Å². The predicted octanol–water partition coefficient (Wildman–Crippen LogP) is -0.00390. The fraction of sp³-hybridized carbons (Fsp3) is 0.450. The first-order chi connectivity index (χ1) is 14.4. The number of aliphatic hydroxyl groups is 4. The molecular weight excluding hydrogens is 390 g/mol. The van der Waals surface area contributed by atoms with Crippen molar-refractivity contribution >= 4 is 17.0 Å². The maximum absolute atomic E-state index is 10.8. The maximum Gasteiger partial charge on any atom is 0.167 e. The number of hydrogen-bond donors (Lipinski definition) is 4. The quantitative estimate of drug-likeness (QED) is 0.438. The standard InChI is InChI=1S/C20H25N5O5/c1-11(15(27)12-6-4-3-5-7-12)24(2)18-14-19(22-9-21-18)25(10-23-14)20-17(29)16(28)13(8-26)30-20/h3-7,9-11,13,15-17,20,26-29H,8H2,1-2H3/t11?,13-,15?,16+,17?,20-/m1/s1. The summed E-state index contributed by atoms with van der Waals surface area (Å²) in [5, 5.41) is 40.5. The molecule has 0 amide bonds. The van der Waals surface area contributed by atoms with E-state index in [9.17, 15) is 20.4 Å². The molecule has 6 atom stereocenters. The minimum atomic E-state index is -1.24. The van der Waals surface area contributed by atoms with Crippen LogP contribution in [0.5, 0.6) is 0 Å². The van der Waals surface area contributed by atoms with Crippen LogP contribution >= 0.6 is 0 Å². The fourth-order valence-corrected chi connectivity index (χ4v) is 3.73. The molecule has 10 heteroatoms. The third-order valence-corrected chi connectivity index (χ3v) is 5.67. The van der Waals surface area contributed by atoms with Crippen LogP contribution in [0.25, 0.3) is 11.2 Å². The van der Waals surface area contributed by atoms with E-state index >= 15 is 0 Å². The summed E-state index contributed by atoms with van der Waals surface area (Å²) in [6.07, 6.45) is -2.22. The molecule has 4 rings (SSSR count). The number of aliphatic hydroxyl groups excluding tert-OH is 4. The molecule has 0 bridgehead atoms. The van der Waals surface area contributed by atoms with Crippen molar-refractivity contribution in [3.8, 4) is 0 Å². The zero-order chi connectivity index (χ0) is 21.4. The molecule has 0 saturated carbocycles. The lowest BCUT2D eigenvalue weighted by molar-refractivity contribution is -0.0511. The third kappa shape index (κ3) is 3.42. The van der Waals surface area contributed by atoms with Gasteiger partial charge in [0.15, 0.2) is 23.2 Å². The second-order valence-corrected chi connectivity index (χ2v) is 7.46. The highest BCUT2D eigenvalue weighted by Crippen LogP contribution is 2.33. The second-order valence-electron chi connectivity index (χ2n) is 7.46. The zero-order valence-corrected chi connectivity index (χ0v) is 16.6. The van der Waals surface area contributed by atoms with Gasteiger partial charge in [0.1, 0.15) is 24.6 Å². The third-order valence-electron chi connectivity index (χ3n) is 5.67. The Kier molecular flexibility index (Phi) is 5.67. The van der Waals surface area contributed by atoms with Gasteiger partial charge in [-0.15, -0.1) is 0 Å². The van der Waals surface area contributed by atoms with Crippen LogP contribution in [0.2, 0.25) is 0 Å². The van der Waals surface area contributed by atoms with Gasteiger partial charge in [0.05, 0.1) is 25.1 Å². The Bertz CT molecular complexity index is 1000. The van der Waals surface area contributed by atoms with Crippen molar-refractivity contribution in [2.24, 2.45) is 0 Å². The van der Waals surface area contributed by atoms with Gasteiger partial charge >= 0.3 is 0 Å². The van der Waals surface area contributed by atoms with E-state index in [0.717, 1.165) is 5.56 Å². The molecule has 1 aliphatic heterocycles. The second kappa shape index (κ2) is 8.25. The number of fused-ring (bicyclic) bond motifs is 1. The van der Waals surface area contributed by atoms with E-state index in [-0.39, 0.29) is 6.04 Å². The molecule has 2 aromatic heterocycles. The Morgan fingerprint density at radius 1 is 1.13 bits per heavy atom. The molecule has 10 nitrogen and oxygen atoms in total. The normalized spacial score (nSPS) is 26.1. The SMILES string of the molecule is CC(C(O)c1ccccc1)N(C)c1ncnc2c1ncn2[C@@H]1O[C@H](CO)[C@H](O)C1O. The molecule has 1 fully saturated rings. The van der Waals surface area contributed by atoms with Crippen LogP contribution in [0, 0.1) is 0 Å². The van der Waals surface area contributed by atoms with Gasteiger partial charge in [-0.3, -0.25) is 4.57 Å². The minimum absolute atomic E-state index is 0.315. The number of benzene rings is 1. The van der Waals surface area contributed by atoms with Gasteiger partial charge in [0.2, 0.25) is 0 Å². The van der Waals surface area contributed by atoms with E-state index in [1.54, 1.807) is 0 Å². The topological polar surface area (TPSA) is 137 Å². The average Bonchev–Trinajstić information content (AvgIpc) is 3.33. The summed E-state index contributed by atoms with van der Waals surface area (Å²) in [5.41, 5.74) is 1.66. The first-order valence-electron chi connectivity index (χ1n) is 9.69. The lowest BCUT2D eigenvalue weighted by Gasteiger charge is -2.30. The van der Waals surface area contributed by atoms with Crippen molar-refractivity contribution in [2.45, 2.75) is 43.6 Å². The molecule has 3 unspecified atom stereocenters. The summed E-state index contributed by atoms with van der Waals surface area (Å²) in [4.78, 5) is 14.8. The largest absolute Gasteiger partial charge is 0.394 e. The van der Waals surface area contributed by atoms with Crippen LogP contribution in [-0.4, -0.2) is 78.0 Å². The van der Waals surface area contributed by atoms with Crippen molar-refractivity contribution in [3.63, 3.8) is 0 Å². The number of nitrogens with zero attached hydrogens (tertiary/aromatic N) is 5. The molecule has 1 aromatic carbocycles. The van der Waals surface area contributed by atoms with Crippen molar-refractivity contribution < 1.29 is 25.2 Å². The van der Waals surface area contributed by atoms with Crippen molar-refractivity contribution in [1.82, 2.24) is 19.5 Å². The summed E-state index contributed by atoms with van der Waals surface area (Å²) in [6, 6.07) is 9.04. The Hall–Kier alpha value is -2.63. The first-order valence-corrected chi connectivity index (χ1v) is 9.69. The van der Waals surface area contributed by atoms with Crippen LogP contribution in [-0.2, 0) is 4.74 Å². The van der Waals surface area contributed by atoms with Gasteiger partial charge < -0.3 is 30.1 Å². The van der Waals surface area contributed by atoms with E-state index in [2.05, 4.69) is 15.0 Å².